The highest BCUT2D eigenvalue weighted by Crippen LogP contribution is 2.32. The number of methoxy groups -OCH3 is 1. The van der Waals surface area contributed by atoms with Crippen LogP contribution in [0.1, 0.15) is 0 Å². The van der Waals surface area contributed by atoms with Crippen molar-refractivity contribution in [1.29, 1.82) is 0 Å². The average Bonchev–Trinajstić information content (AvgIpc) is 2.33. The molecule has 0 aromatic carbocycles. The van der Waals surface area contributed by atoms with Gasteiger partial charge < -0.3 is 10.5 Å². The number of aromatic nitrogens is 4. The van der Waals surface area contributed by atoms with Gasteiger partial charge in [0.05, 0.1) is 7.11 Å². The van der Waals surface area contributed by atoms with Crippen LogP contribution in [0.5, 0.6) is 5.88 Å². The molecule has 6 nitrogen and oxygen atoms in total. The summed E-state index contributed by atoms with van der Waals surface area (Å²) in [5, 5.41) is 1.38. The number of nitrogens with zero attached hydrogens (tertiary/aromatic N) is 4. The first-order valence-electron chi connectivity index (χ1n) is 4.39. The molecular formula is C9H9N5OS. The molecule has 0 fully saturated rings. The van der Waals surface area contributed by atoms with Gasteiger partial charge in [-0.3, -0.25) is 0 Å². The molecule has 0 saturated carbocycles. The van der Waals surface area contributed by atoms with Crippen LogP contribution in [0, 0.1) is 0 Å². The Morgan fingerprint density at radius 3 is 2.81 bits per heavy atom. The van der Waals surface area contributed by atoms with E-state index in [0.29, 0.717) is 16.6 Å². The van der Waals surface area contributed by atoms with E-state index in [4.69, 9.17) is 10.5 Å². The summed E-state index contributed by atoms with van der Waals surface area (Å²) >= 11 is 1.34. The molecule has 7 heteroatoms. The highest BCUT2D eigenvalue weighted by atomic mass is 32.2. The lowest BCUT2D eigenvalue weighted by Crippen LogP contribution is -1.99. The number of hydrogen-bond donors (Lipinski definition) is 1. The zero-order valence-corrected chi connectivity index (χ0v) is 9.31. The quantitative estimate of drug-likeness (QED) is 0.794. The Kier molecular flexibility index (Phi) is 3.16. The van der Waals surface area contributed by atoms with E-state index in [0.717, 1.165) is 5.03 Å². The molecule has 0 atom stereocenters. The van der Waals surface area contributed by atoms with Gasteiger partial charge in [-0.25, -0.2) is 15.0 Å². The lowest BCUT2D eigenvalue weighted by molar-refractivity contribution is 0.397. The molecule has 0 spiro atoms. The summed E-state index contributed by atoms with van der Waals surface area (Å²) in [6.45, 7) is 0. The van der Waals surface area contributed by atoms with Crippen molar-refractivity contribution < 1.29 is 4.74 Å². The second kappa shape index (κ2) is 4.75. The van der Waals surface area contributed by atoms with Gasteiger partial charge >= 0.3 is 0 Å². The topological polar surface area (TPSA) is 86.8 Å². The van der Waals surface area contributed by atoms with Gasteiger partial charge in [0.1, 0.15) is 28.4 Å². The Morgan fingerprint density at radius 2 is 2.12 bits per heavy atom. The minimum Gasteiger partial charge on any atom is -0.479 e. The minimum atomic E-state index is 0.367. The third kappa shape index (κ3) is 2.19. The standard InChI is InChI=1S/C9H9N5OS/c1-15-8-7(10)9(14-5-13-8)16-6-2-3-11-4-12-6/h2-5H,10H2,1H3. The Bertz CT molecular complexity index is 479. The lowest BCUT2D eigenvalue weighted by atomic mass is 10.5. The van der Waals surface area contributed by atoms with E-state index in [1.807, 2.05) is 0 Å². The molecule has 0 aliphatic heterocycles. The SMILES string of the molecule is COc1ncnc(Sc2ccncn2)c1N. The molecule has 2 rings (SSSR count). The number of nitrogen functional groups attached to an aromatic ring is 1. The van der Waals surface area contributed by atoms with E-state index in [9.17, 15) is 0 Å². The van der Waals surface area contributed by atoms with E-state index in [2.05, 4.69) is 19.9 Å². The molecule has 82 valence electrons. The van der Waals surface area contributed by atoms with Gasteiger partial charge in [0.15, 0.2) is 0 Å². The van der Waals surface area contributed by atoms with Crippen LogP contribution in [0.4, 0.5) is 5.69 Å². The maximum atomic E-state index is 5.83. The van der Waals surface area contributed by atoms with Crippen molar-refractivity contribution in [3.63, 3.8) is 0 Å². The van der Waals surface area contributed by atoms with Crippen LogP contribution in [0.25, 0.3) is 0 Å². The summed E-state index contributed by atoms with van der Waals surface area (Å²) in [6.07, 6.45) is 4.53. The van der Waals surface area contributed by atoms with Crippen LogP contribution in [0.2, 0.25) is 0 Å². The van der Waals surface area contributed by atoms with Crippen molar-refractivity contribution in [3.8, 4) is 5.88 Å². The summed E-state index contributed by atoms with van der Waals surface area (Å²) in [5.74, 6) is 0.367. The summed E-state index contributed by atoms with van der Waals surface area (Å²) in [4.78, 5) is 15.9. The largest absolute Gasteiger partial charge is 0.479 e. The molecule has 0 amide bonds. The van der Waals surface area contributed by atoms with Crippen LogP contribution >= 0.6 is 11.8 Å². The predicted molar refractivity (Wildman–Crippen MR) is 59.2 cm³/mol. The third-order valence-electron chi connectivity index (χ3n) is 1.76. The smallest absolute Gasteiger partial charge is 0.241 e. The predicted octanol–water partition coefficient (Wildman–Crippen LogP) is 1.01. The first-order valence-corrected chi connectivity index (χ1v) is 5.21. The van der Waals surface area contributed by atoms with Crippen molar-refractivity contribution in [2.24, 2.45) is 0 Å². The number of ether oxygens (including phenoxy) is 1. The Labute approximate surface area is 96.3 Å². The maximum Gasteiger partial charge on any atom is 0.241 e. The number of hydrogen-bond acceptors (Lipinski definition) is 7. The molecule has 2 N–H and O–H groups in total. The highest BCUT2D eigenvalue weighted by molar-refractivity contribution is 7.99. The zero-order valence-electron chi connectivity index (χ0n) is 8.49. The van der Waals surface area contributed by atoms with Gasteiger partial charge in [-0.1, -0.05) is 0 Å². The Hall–Kier alpha value is -1.89. The van der Waals surface area contributed by atoms with Crippen molar-refractivity contribution in [2.75, 3.05) is 12.8 Å². The number of rotatable bonds is 3. The molecule has 0 bridgehead atoms. The average molecular weight is 235 g/mol. The Balaban J connectivity index is 2.28. The third-order valence-corrected chi connectivity index (χ3v) is 2.73. The van der Waals surface area contributed by atoms with Crippen LogP contribution < -0.4 is 10.5 Å². The van der Waals surface area contributed by atoms with Crippen LogP contribution in [-0.4, -0.2) is 27.0 Å². The highest BCUT2D eigenvalue weighted by Gasteiger charge is 2.09. The van der Waals surface area contributed by atoms with E-state index < -0.39 is 0 Å². The van der Waals surface area contributed by atoms with Crippen LogP contribution in [-0.2, 0) is 0 Å². The van der Waals surface area contributed by atoms with Gasteiger partial charge in [-0.15, -0.1) is 0 Å². The van der Waals surface area contributed by atoms with Gasteiger partial charge in [-0.2, -0.15) is 4.98 Å². The summed E-state index contributed by atoms with van der Waals surface area (Å²) in [5.41, 5.74) is 6.24. The first-order chi connectivity index (χ1) is 7.81. The fourth-order valence-corrected chi connectivity index (χ4v) is 1.77. The second-order valence-corrected chi connectivity index (χ2v) is 3.76. The van der Waals surface area contributed by atoms with E-state index in [1.165, 1.54) is 31.5 Å². The van der Waals surface area contributed by atoms with Gasteiger partial charge in [-0.05, 0) is 17.8 Å². The van der Waals surface area contributed by atoms with Gasteiger partial charge in [0.25, 0.3) is 0 Å². The maximum absolute atomic E-state index is 5.83. The second-order valence-electron chi connectivity index (χ2n) is 2.75. The molecular weight excluding hydrogens is 226 g/mol. The van der Waals surface area contributed by atoms with E-state index in [1.54, 1.807) is 12.3 Å². The van der Waals surface area contributed by atoms with Crippen LogP contribution in [0.3, 0.4) is 0 Å². The molecule has 2 aromatic heterocycles. The van der Waals surface area contributed by atoms with Crippen molar-refractivity contribution in [2.45, 2.75) is 10.1 Å². The summed E-state index contributed by atoms with van der Waals surface area (Å²) in [6, 6.07) is 1.78. The fourth-order valence-electron chi connectivity index (χ4n) is 1.05. The molecule has 2 aromatic rings. The summed E-state index contributed by atoms with van der Waals surface area (Å²) in [7, 11) is 1.51. The monoisotopic (exact) mass is 235 g/mol. The normalized spacial score (nSPS) is 10.1. The fraction of sp³-hybridized carbons (Fsp3) is 0.111. The number of anilines is 1. The number of nitrogens with two attached hydrogens (primary N) is 1. The molecule has 0 aliphatic rings. The van der Waals surface area contributed by atoms with Gasteiger partial charge in [0, 0.05) is 6.20 Å². The van der Waals surface area contributed by atoms with Crippen LogP contribution in [0.15, 0.2) is 35.0 Å². The summed E-state index contributed by atoms with van der Waals surface area (Å²) < 4.78 is 5.00. The molecule has 0 unspecified atom stereocenters. The Morgan fingerprint density at radius 1 is 1.25 bits per heavy atom. The van der Waals surface area contributed by atoms with Crippen molar-refractivity contribution in [3.05, 3.63) is 24.9 Å². The van der Waals surface area contributed by atoms with E-state index in [-0.39, 0.29) is 0 Å². The zero-order chi connectivity index (χ0) is 11.4. The molecule has 0 radical (unpaired) electrons. The lowest BCUT2D eigenvalue weighted by Gasteiger charge is -2.06. The molecule has 0 saturated heterocycles. The molecule has 16 heavy (non-hydrogen) atoms. The van der Waals surface area contributed by atoms with Crippen molar-refractivity contribution >= 4 is 17.4 Å². The van der Waals surface area contributed by atoms with Gasteiger partial charge in [0.2, 0.25) is 5.88 Å². The minimum absolute atomic E-state index is 0.367. The molecule has 2 heterocycles. The van der Waals surface area contributed by atoms with Crippen molar-refractivity contribution in [1.82, 2.24) is 19.9 Å². The van der Waals surface area contributed by atoms with E-state index >= 15 is 0 Å². The molecule has 0 aliphatic carbocycles. The first kappa shape index (κ1) is 10.6.